The highest BCUT2D eigenvalue weighted by Crippen LogP contribution is 2.39. The summed E-state index contributed by atoms with van der Waals surface area (Å²) in [5.41, 5.74) is 9.31. The van der Waals surface area contributed by atoms with Crippen molar-refractivity contribution in [3.8, 4) is 0 Å². The van der Waals surface area contributed by atoms with E-state index in [1.54, 1.807) is 30.5 Å². The Kier molecular flexibility index (Phi) is 19.6. The van der Waals surface area contributed by atoms with Crippen LogP contribution in [0.4, 0.5) is 5.95 Å². The maximum absolute atomic E-state index is 12.3. The van der Waals surface area contributed by atoms with Gasteiger partial charge in [-0.1, -0.05) is 41.5 Å². The number of benzene rings is 2. The van der Waals surface area contributed by atoms with Gasteiger partial charge in [-0.3, -0.25) is 0 Å². The number of rotatable bonds is 9. The molecular formula is C48H61ClN8O10S2. The van der Waals surface area contributed by atoms with Crippen molar-refractivity contribution >= 4 is 71.3 Å². The van der Waals surface area contributed by atoms with Crippen LogP contribution in [0, 0.1) is 25.7 Å². The van der Waals surface area contributed by atoms with E-state index in [-0.39, 0.29) is 47.4 Å². The minimum atomic E-state index is -3.44. The van der Waals surface area contributed by atoms with Crippen LogP contribution in [-0.2, 0) is 78.0 Å². The highest BCUT2D eigenvalue weighted by Gasteiger charge is 2.34. The van der Waals surface area contributed by atoms with E-state index in [1.807, 2.05) is 20.0 Å². The topological polar surface area (TPSA) is 254 Å². The van der Waals surface area contributed by atoms with Gasteiger partial charge in [0, 0.05) is 102 Å². The molecule has 2 aromatic carbocycles. The zero-order chi connectivity index (χ0) is 51.5. The first-order chi connectivity index (χ1) is 32.5. The smallest absolute Gasteiger partial charge is 0.373 e. The van der Waals surface area contributed by atoms with Crippen molar-refractivity contribution in [2.75, 3.05) is 30.5 Å². The number of fused-ring (bicyclic) bond motifs is 6. The summed E-state index contributed by atoms with van der Waals surface area (Å²) in [4.78, 5) is 52.5. The summed E-state index contributed by atoms with van der Waals surface area (Å²) in [5.74, 6) is 1.48. The molecule has 0 saturated carbocycles. The molecule has 2 aliphatic rings. The summed E-state index contributed by atoms with van der Waals surface area (Å²) in [6.07, 6.45) is 8.43. The molecule has 0 saturated heterocycles. The number of aromatic nitrogens is 6. The Hall–Kier alpha value is -5.69. The second kappa shape index (κ2) is 24.2. The van der Waals surface area contributed by atoms with Crippen LogP contribution in [0.2, 0.25) is 5.28 Å². The molecule has 3 N–H and O–H groups in total. The van der Waals surface area contributed by atoms with Gasteiger partial charge >= 0.3 is 12.3 Å². The minimum Gasteiger partial charge on any atom is -0.392 e. The van der Waals surface area contributed by atoms with Crippen LogP contribution in [0.1, 0.15) is 98.7 Å². The molecule has 21 heteroatoms. The van der Waals surface area contributed by atoms with Crippen LogP contribution in [0.25, 0.3) is 21.8 Å². The second-order valence-electron chi connectivity index (χ2n) is 17.3. The molecule has 2 atom stereocenters. The normalized spacial score (nSPS) is 15.3. The first kappa shape index (κ1) is 55.9. The molecule has 0 aliphatic carbocycles. The van der Waals surface area contributed by atoms with E-state index in [0.717, 1.165) is 88.4 Å². The lowest BCUT2D eigenvalue weighted by Crippen LogP contribution is -2.41. The number of aliphatic hydroxyl groups excluding tert-OH is 2. The van der Waals surface area contributed by atoms with Crippen LogP contribution in [0.5, 0.6) is 0 Å². The van der Waals surface area contributed by atoms with Crippen molar-refractivity contribution in [3.05, 3.63) is 99.1 Å². The summed E-state index contributed by atoms with van der Waals surface area (Å²) >= 11 is 5.55. The van der Waals surface area contributed by atoms with Crippen molar-refractivity contribution in [1.29, 1.82) is 0 Å². The molecular weight excluding hydrogens is 948 g/mol. The van der Waals surface area contributed by atoms with Crippen molar-refractivity contribution in [2.24, 2.45) is 11.8 Å². The van der Waals surface area contributed by atoms with E-state index < -0.39 is 19.7 Å². The third-order valence-electron chi connectivity index (χ3n) is 12.0. The molecule has 4 aromatic heterocycles. The monoisotopic (exact) mass is 1010 g/mol. The number of nitrogens with zero attached hydrogens (tertiary/aromatic N) is 7. The summed E-state index contributed by atoms with van der Waals surface area (Å²) in [5, 5.41) is 25.0. The first-order valence-electron chi connectivity index (χ1n) is 22.3. The number of carbonyl (C=O) groups excluding carboxylic acids is 4. The zero-order valence-corrected chi connectivity index (χ0v) is 43.0. The molecule has 2 aliphatic heterocycles. The Morgan fingerprint density at radius 2 is 1.14 bits per heavy atom. The van der Waals surface area contributed by atoms with Crippen molar-refractivity contribution < 1.29 is 46.2 Å². The summed E-state index contributed by atoms with van der Waals surface area (Å²) in [6, 6.07) is 11.6. The average Bonchev–Trinajstić information content (AvgIpc) is 3.85. The molecule has 8 rings (SSSR count). The Morgan fingerprint density at radius 3 is 1.57 bits per heavy atom. The number of anilines is 1. The fourth-order valence-corrected chi connectivity index (χ4v) is 10.9. The standard InChI is InChI=1S/C23H30N4O3S.C16H22N2O3S.C7H9ClN2.2CO2/c1-6-16-12-24-23(25-15(16)4)27-8-7-26-19-11-21(31(5,29)30)18(13-28)9-17(19)10-20(26)22(27)14(2)3;1-10(2)16-14-7-11-6-12(9-19)15(22(3,20)21)8-13(11)18(14)5-4-17-16;1-3-6-4-9-7(8)10-5(6)2;2*2-1-3/h9-12,14,22,28H,6-8,13H2,1-5H3;6-8,10,16-17,19H,4-5,9H2,1-3H3;4H,3H2,1-2H3;;/t22-;16-;;;/m11.../s1. The van der Waals surface area contributed by atoms with E-state index in [1.165, 1.54) is 18.2 Å². The third kappa shape index (κ3) is 13.1. The molecule has 0 unspecified atom stereocenters. The van der Waals surface area contributed by atoms with Gasteiger partial charge in [-0.25, -0.2) is 36.8 Å². The lowest BCUT2D eigenvalue weighted by atomic mass is 9.97. The molecule has 0 fully saturated rings. The van der Waals surface area contributed by atoms with Gasteiger partial charge in [-0.05, 0) is 109 Å². The molecule has 0 spiro atoms. The Labute approximate surface area is 408 Å². The van der Waals surface area contributed by atoms with Gasteiger partial charge < -0.3 is 29.6 Å². The predicted molar refractivity (Wildman–Crippen MR) is 260 cm³/mol. The lowest BCUT2D eigenvalue weighted by Gasteiger charge is -2.39. The van der Waals surface area contributed by atoms with Gasteiger partial charge in [0.15, 0.2) is 19.7 Å². The van der Waals surface area contributed by atoms with Gasteiger partial charge in [0.05, 0.1) is 29.0 Å². The van der Waals surface area contributed by atoms with Gasteiger partial charge in [-0.15, -0.1) is 0 Å². The molecule has 18 nitrogen and oxygen atoms in total. The summed E-state index contributed by atoms with van der Waals surface area (Å²) in [6.45, 7) is 19.4. The Bertz CT molecular complexity index is 3060. The highest BCUT2D eigenvalue weighted by molar-refractivity contribution is 7.91. The maximum atomic E-state index is 12.3. The Morgan fingerprint density at radius 1 is 0.681 bits per heavy atom. The molecule has 0 bridgehead atoms. The zero-order valence-electron chi connectivity index (χ0n) is 40.6. The second-order valence-corrected chi connectivity index (χ2v) is 21.6. The van der Waals surface area contributed by atoms with Gasteiger partial charge in [-0.2, -0.15) is 19.2 Å². The van der Waals surface area contributed by atoms with E-state index in [9.17, 15) is 27.0 Å². The Balaban J connectivity index is 0.000000236. The van der Waals surface area contributed by atoms with E-state index in [4.69, 9.17) is 35.8 Å². The first-order valence-corrected chi connectivity index (χ1v) is 26.4. The third-order valence-corrected chi connectivity index (χ3v) is 14.6. The van der Waals surface area contributed by atoms with Crippen LogP contribution in [0.15, 0.2) is 58.6 Å². The largest absolute Gasteiger partial charge is 0.392 e. The van der Waals surface area contributed by atoms with E-state index in [0.29, 0.717) is 34.8 Å². The number of sulfone groups is 2. The number of hydrogen-bond acceptors (Lipinski definition) is 16. The van der Waals surface area contributed by atoms with E-state index in [2.05, 4.69) is 88.0 Å². The lowest BCUT2D eigenvalue weighted by molar-refractivity contribution is -0.193. The van der Waals surface area contributed by atoms with Crippen molar-refractivity contribution in [1.82, 2.24) is 34.4 Å². The summed E-state index contributed by atoms with van der Waals surface area (Å²) < 4.78 is 53.0. The minimum absolute atomic E-state index is 0.0623. The number of halogens is 1. The maximum Gasteiger partial charge on any atom is 0.373 e. The molecule has 69 heavy (non-hydrogen) atoms. The predicted octanol–water partition coefficient (Wildman–Crippen LogP) is 6.09. The van der Waals surface area contributed by atoms with Gasteiger partial charge in [0.1, 0.15) is 0 Å². The fourth-order valence-electron chi connectivity index (χ4n) is 8.88. The number of aryl methyl sites for hydroxylation is 4. The van der Waals surface area contributed by atoms with E-state index >= 15 is 0 Å². The quantitative estimate of drug-likeness (QED) is 0.139. The number of aliphatic hydroxyl groups is 2. The van der Waals surface area contributed by atoms with Crippen LogP contribution in [-0.4, -0.2) is 94.0 Å². The van der Waals surface area contributed by atoms with Crippen LogP contribution < -0.4 is 10.2 Å². The molecule has 0 amide bonds. The van der Waals surface area contributed by atoms with Crippen LogP contribution in [0.3, 0.4) is 0 Å². The average molecular weight is 1010 g/mol. The SMILES string of the molecule is CC(C)[C@H]1NCCn2c1cc1cc(CO)c(S(C)(=O)=O)cc12.CCc1cnc(Cl)nc1C.CCc1cnc(N2CCn3c(cc4cc(CO)c(S(C)(=O)=O)cc43)[C@H]2C(C)C)nc1C.O=C=O.O=C=O. The van der Waals surface area contributed by atoms with Crippen LogP contribution >= 0.6 is 11.6 Å². The molecule has 372 valence electrons. The van der Waals surface area contributed by atoms with Gasteiger partial charge in [0.2, 0.25) is 11.2 Å². The molecule has 6 aromatic rings. The molecule has 6 heterocycles. The summed E-state index contributed by atoms with van der Waals surface area (Å²) in [7, 11) is -6.80. The van der Waals surface area contributed by atoms with Gasteiger partial charge in [0.25, 0.3) is 0 Å². The van der Waals surface area contributed by atoms with Crippen molar-refractivity contribution in [3.63, 3.8) is 0 Å². The van der Waals surface area contributed by atoms with Crippen molar-refractivity contribution in [2.45, 2.75) is 116 Å². The number of hydrogen-bond donors (Lipinski definition) is 3. The fraction of sp³-hybridized carbons (Fsp3) is 0.458. The highest BCUT2D eigenvalue weighted by atomic mass is 35.5. The molecule has 0 radical (unpaired) electrons. The number of nitrogens with one attached hydrogen (secondary N) is 1.